The molecule has 0 fully saturated rings. The highest BCUT2D eigenvalue weighted by atomic mass is 35.5. The molecule has 3 N–H and O–H groups in total. The van der Waals surface area contributed by atoms with Crippen molar-refractivity contribution < 1.29 is 4.79 Å². The number of nitrogens with one attached hydrogen (secondary N) is 1. The second kappa shape index (κ2) is 6.60. The standard InChI is InChI=1S/C14H18ClN5O/c1-19(7-10-6-17-20(2)8-10)9-14(21)18-13-5-11(15)3-4-12(13)16/h3-6,8H,7,9,16H2,1-2H3,(H,18,21). The first-order chi connectivity index (χ1) is 9.94. The number of anilines is 2. The summed E-state index contributed by atoms with van der Waals surface area (Å²) in [6.07, 6.45) is 3.70. The average molecular weight is 308 g/mol. The Morgan fingerprint density at radius 1 is 1.52 bits per heavy atom. The minimum absolute atomic E-state index is 0.143. The quantitative estimate of drug-likeness (QED) is 0.825. The van der Waals surface area contributed by atoms with Crippen LogP contribution in [0.3, 0.4) is 0 Å². The van der Waals surface area contributed by atoms with Crippen LogP contribution in [-0.4, -0.2) is 34.2 Å². The first-order valence-corrected chi connectivity index (χ1v) is 6.83. The van der Waals surface area contributed by atoms with Crippen molar-refractivity contribution in [3.8, 4) is 0 Å². The Bertz CT molecular complexity index is 640. The molecule has 0 saturated carbocycles. The number of halogens is 1. The summed E-state index contributed by atoms with van der Waals surface area (Å²) < 4.78 is 1.73. The van der Waals surface area contributed by atoms with Crippen molar-refractivity contribution in [3.05, 3.63) is 41.2 Å². The highest BCUT2D eigenvalue weighted by Gasteiger charge is 2.10. The SMILES string of the molecule is CN(CC(=O)Nc1cc(Cl)ccc1N)Cc1cnn(C)c1. The number of hydrogen-bond acceptors (Lipinski definition) is 4. The first-order valence-electron chi connectivity index (χ1n) is 6.45. The molecule has 1 aromatic carbocycles. The van der Waals surface area contributed by atoms with Gasteiger partial charge in [-0.25, -0.2) is 0 Å². The number of amides is 1. The first kappa shape index (κ1) is 15.3. The van der Waals surface area contributed by atoms with Gasteiger partial charge in [0.25, 0.3) is 0 Å². The van der Waals surface area contributed by atoms with Crippen LogP contribution in [0.2, 0.25) is 5.02 Å². The molecule has 1 heterocycles. The van der Waals surface area contributed by atoms with Crippen LogP contribution >= 0.6 is 11.6 Å². The van der Waals surface area contributed by atoms with Gasteiger partial charge in [-0.3, -0.25) is 14.4 Å². The van der Waals surface area contributed by atoms with Gasteiger partial charge in [-0.05, 0) is 25.2 Å². The minimum Gasteiger partial charge on any atom is -0.397 e. The van der Waals surface area contributed by atoms with Crippen molar-refractivity contribution in [1.29, 1.82) is 0 Å². The van der Waals surface area contributed by atoms with E-state index in [1.165, 1.54) is 0 Å². The Hall–Kier alpha value is -2.05. The van der Waals surface area contributed by atoms with Crippen LogP contribution in [0.4, 0.5) is 11.4 Å². The molecule has 1 aromatic heterocycles. The summed E-state index contributed by atoms with van der Waals surface area (Å²) >= 11 is 5.89. The van der Waals surface area contributed by atoms with Crippen molar-refractivity contribution in [2.45, 2.75) is 6.54 Å². The fourth-order valence-electron chi connectivity index (χ4n) is 1.99. The van der Waals surface area contributed by atoms with Gasteiger partial charge in [-0.1, -0.05) is 11.6 Å². The van der Waals surface area contributed by atoms with E-state index in [4.69, 9.17) is 17.3 Å². The van der Waals surface area contributed by atoms with Gasteiger partial charge in [0.2, 0.25) is 5.91 Å². The number of carbonyl (C=O) groups is 1. The van der Waals surface area contributed by atoms with Crippen LogP contribution in [0.1, 0.15) is 5.56 Å². The molecule has 6 nitrogen and oxygen atoms in total. The summed E-state index contributed by atoms with van der Waals surface area (Å²) in [5, 5.41) is 7.39. The van der Waals surface area contributed by atoms with Gasteiger partial charge in [0, 0.05) is 30.4 Å². The molecule has 0 saturated heterocycles. The van der Waals surface area contributed by atoms with Crippen LogP contribution in [0, 0.1) is 0 Å². The second-order valence-electron chi connectivity index (χ2n) is 4.97. The number of aryl methyl sites for hydroxylation is 1. The third-order valence-corrected chi connectivity index (χ3v) is 3.15. The summed E-state index contributed by atoms with van der Waals surface area (Å²) in [4.78, 5) is 13.9. The van der Waals surface area contributed by atoms with Gasteiger partial charge in [0.05, 0.1) is 24.1 Å². The van der Waals surface area contributed by atoms with Gasteiger partial charge in [-0.15, -0.1) is 0 Å². The molecule has 0 aliphatic carbocycles. The zero-order valence-electron chi connectivity index (χ0n) is 12.0. The number of nitrogens with zero attached hydrogens (tertiary/aromatic N) is 3. The molecule has 112 valence electrons. The van der Waals surface area contributed by atoms with E-state index >= 15 is 0 Å². The predicted molar refractivity (Wildman–Crippen MR) is 84.0 cm³/mol. The number of aromatic nitrogens is 2. The van der Waals surface area contributed by atoms with Crippen molar-refractivity contribution in [2.75, 3.05) is 24.6 Å². The molecule has 0 spiro atoms. The molecule has 0 radical (unpaired) electrons. The Labute approximate surface area is 128 Å². The Morgan fingerprint density at radius 3 is 2.95 bits per heavy atom. The summed E-state index contributed by atoms with van der Waals surface area (Å²) in [6, 6.07) is 4.98. The molecule has 2 aromatic rings. The average Bonchev–Trinajstić information content (AvgIpc) is 2.79. The molecule has 0 bridgehead atoms. The molecule has 7 heteroatoms. The number of benzene rings is 1. The number of nitrogens with two attached hydrogens (primary N) is 1. The van der Waals surface area contributed by atoms with E-state index in [2.05, 4.69) is 10.4 Å². The Kier molecular flexibility index (Phi) is 4.82. The lowest BCUT2D eigenvalue weighted by molar-refractivity contribution is -0.117. The summed E-state index contributed by atoms with van der Waals surface area (Å²) in [5.41, 5.74) is 7.87. The number of rotatable bonds is 5. The normalized spacial score (nSPS) is 10.9. The van der Waals surface area contributed by atoms with Crippen molar-refractivity contribution in [3.63, 3.8) is 0 Å². The van der Waals surface area contributed by atoms with Crippen LogP contribution in [0.25, 0.3) is 0 Å². The molecule has 0 atom stereocenters. The highest BCUT2D eigenvalue weighted by Crippen LogP contribution is 2.22. The molecular formula is C14H18ClN5O. The highest BCUT2D eigenvalue weighted by molar-refractivity contribution is 6.31. The third kappa shape index (κ3) is 4.47. The number of likely N-dealkylation sites (N-methyl/N-ethyl adjacent to an activating group) is 1. The fourth-order valence-corrected chi connectivity index (χ4v) is 2.16. The van der Waals surface area contributed by atoms with E-state index in [0.717, 1.165) is 5.56 Å². The predicted octanol–water partition coefficient (Wildman–Crippen LogP) is 1.73. The van der Waals surface area contributed by atoms with E-state index in [1.807, 2.05) is 25.2 Å². The summed E-state index contributed by atoms with van der Waals surface area (Å²) in [7, 11) is 3.73. The van der Waals surface area contributed by atoms with Gasteiger partial charge >= 0.3 is 0 Å². The number of carbonyl (C=O) groups excluding carboxylic acids is 1. The van der Waals surface area contributed by atoms with Gasteiger partial charge in [-0.2, -0.15) is 5.10 Å². The maximum atomic E-state index is 12.0. The molecule has 0 aliphatic rings. The van der Waals surface area contributed by atoms with E-state index < -0.39 is 0 Å². The number of hydrogen-bond donors (Lipinski definition) is 2. The molecule has 0 unspecified atom stereocenters. The van der Waals surface area contributed by atoms with Crippen molar-refractivity contribution >= 4 is 28.9 Å². The van der Waals surface area contributed by atoms with Crippen LogP contribution in [0.15, 0.2) is 30.6 Å². The minimum atomic E-state index is -0.143. The summed E-state index contributed by atoms with van der Waals surface area (Å²) in [6.45, 7) is 0.896. The van der Waals surface area contributed by atoms with Gasteiger partial charge < -0.3 is 11.1 Å². The van der Waals surface area contributed by atoms with Crippen LogP contribution < -0.4 is 11.1 Å². The van der Waals surface area contributed by atoms with Gasteiger partial charge in [0.15, 0.2) is 0 Å². The smallest absolute Gasteiger partial charge is 0.238 e. The van der Waals surface area contributed by atoms with E-state index in [9.17, 15) is 4.79 Å². The van der Waals surface area contributed by atoms with E-state index in [0.29, 0.717) is 22.9 Å². The Morgan fingerprint density at radius 2 is 2.29 bits per heavy atom. The molecule has 1 amide bonds. The second-order valence-corrected chi connectivity index (χ2v) is 5.41. The van der Waals surface area contributed by atoms with Crippen LogP contribution in [0.5, 0.6) is 0 Å². The maximum absolute atomic E-state index is 12.0. The fraction of sp³-hybridized carbons (Fsp3) is 0.286. The zero-order chi connectivity index (χ0) is 15.4. The molecule has 0 aliphatic heterocycles. The zero-order valence-corrected chi connectivity index (χ0v) is 12.8. The van der Waals surface area contributed by atoms with Crippen LogP contribution in [-0.2, 0) is 18.4 Å². The maximum Gasteiger partial charge on any atom is 0.238 e. The molecular weight excluding hydrogens is 290 g/mol. The van der Waals surface area contributed by atoms with Crippen molar-refractivity contribution in [1.82, 2.24) is 14.7 Å². The summed E-state index contributed by atoms with van der Waals surface area (Å²) in [5.74, 6) is -0.143. The Balaban J connectivity index is 1.90. The lowest BCUT2D eigenvalue weighted by atomic mass is 10.2. The number of nitrogen functional groups attached to an aromatic ring is 1. The topological polar surface area (TPSA) is 76.2 Å². The van der Waals surface area contributed by atoms with E-state index in [-0.39, 0.29) is 12.5 Å². The lowest BCUT2D eigenvalue weighted by Crippen LogP contribution is -2.30. The monoisotopic (exact) mass is 307 g/mol. The van der Waals surface area contributed by atoms with Gasteiger partial charge in [0.1, 0.15) is 0 Å². The molecule has 2 rings (SSSR count). The largest absolute Gasteiger partial charge is 0.397 e. The van der Waals surface area contributed by atoms with E-state index in [1.54, 1.807) is 29.1 Å². The van der Waals surface area contributed by atoms with Crippen molar-refractivity contribution in [2.24, 2.45) is 7.05 Å². The molecule has 21 heavy (non-hydrogen) atoms. The third-order valence-electron chi connectivity index (χ3n) is 2.91. The lowest BCUT2D eigenvalue weighted by Gasteiger charge is -2.16.